The van der Waals surface area contributed by atoms with Crippen molar-refractivity contribution in [3.63, 3.8) is 0 Å². The van der Waals surface area contributed by atoms with Crippen LogP contribution in [-0.2, 0) is 20.0 Å². The van der Waals surface area contributed by atoms with Gasteiger partial charge in [0.1, 0.15) is 5.60 Å². The number of piperidine rings is 1. The van der Waals surface area contributed by atoms with Crippen molar-refractivity contribution >= 4 is 34.1 Å². The number of ether oxygens (including phenoxy) is 1. The number of nitrogens with two attached hydrogens (primary N) is 1. The number of amides is 1. The van der Waals surface area contributed by atoms with Gasteiger partial charge in [-0.1, -0.05) is 48.5 Å². The highest BCUT2D eigenvalue weighted by Crippen LogP contribution is 2.47. The molecule has 1 aliphatic carbocycles. The van der Waals surface area contributed by atoms with E-state index >= 15 is 0 Å². The number of carbonyl (C=O) groups excluding carboxylic acids is 1. The molecule has 1 aromatic rings. The third kappa shape index (κ3) is 7.67. The lowest BCUT2D eigenvalue weighted by Crippen LogP contribution is -2.63. The zero-order valence-corrected chi connectivity index (χ0v) is 30.3. The Morgan fingerprint density at radius 3 is 2.07 bits per heavy atom. The van der Waals surface area contributed by atoms with Crippen LogP contribution in [0.4, 0.5) is 16.2 Å². The fourth-order valence-corrected chi connectivity index (χ4v) is 8.00. The van der Waals surface area contributed by atoms with Gasteiger partial charge in [-0.15, -0.1) is 0 Å². The van der Waals surface area contributed by atoms with Gasteiger partial charge in [0.2, 0.25) is 0 Å². The maximum Gasteiger partial charge on any atom is 0.408 e. The van der Waals surface area contributed by atoms with E-state index in [9.17, 15) is 4.79 Å². The predicted octanol–water partition coefficient (Wildman–Crippen LogP) is 7.41. The van der Waals surface area contributed by atoms with Gasteiger partial charge in [0, 0.05) is 24.6 Å². The standard InChI is InChI=1S/C31H58N4O4Si2/c1-20-18-35(19-23(34-28(36)37-29(2,3)4)27(20)39-41(13,14)31(8,9)10)26-21-15-16-24(25(21)33-17-22(26)32)38-40(11,12)30(5,6)7/h17,20,23-24,27H,15-16,18-19,32H2,1-14H3,(H,34,36)/t20?,23-,24?,27?/m1/s1. The second-order valence-electron chi connectivity index (χ2n) is 16.3. The molecule has 0 bridgehead atoms. The molecule has 2 aliphatic rings. The molecule has 0 radical (unpaired) electrons. The van der Waals surface area contributed by atoms with Crippen molar-refractivity contribution in [2.75, 3.05) is 23.7 Å². The molecule has 3 N–H and O–H groups in total. The van der Waals surface area contributed by atoms with Gasteiger partial charge in [-0.3, -0.25) is 4.98 Å². The third-order valence-corrected chi connectivity index (χ3v) is 18.5. The van der Waals surface area contributed by atoms with E-state index < -0.39 is 28.3 Å². The minimum Gasteiger partial charge on any atom is -0.444 e. The van der Waals surface area contributed by atoms with Gasteiger partial charge in [-0.05, 0) is 69.9 Å². The number of pyridine rings is 1. The van der Waals surface area contributed by atoms with Crippen molar-refractivity contribution in [2.24, 2.45) is 5.92 Å². The topological polar surface area (TPSA) is 98.9 Å². The molecule has 41 heavy (non-hydrogen) atoms. The highest BCUT2D eigenvalue weighted by Gasteiger charge is 2.46. The summed E-state index contributed by atoms with van der Waals surface area (Å²) < 4.78 is 19.5. The van der Waals surface area contributed by atoms with Crippen molar-refractivity contribution in [3.05, 3.63) is 17.5 Å². The number of anilines is 2. The number of fused-ring (bicyclic) bond motifs is 1. The minimum absolute atomic E-state index is 0.0159. The van der Waals surface area contributed by atoms with Gasteiger partial charge in [0.05, 0.1) is 41.5 Å². The highest BCUT2D eigenvalue weighted by molar-refractivity contribution is 6.74. The molecule has 8 nitrogen and oxygen atoms in total. The number of alkyl carbamates (subject to hydrolysis) is 1. The number of rotatable bonds is 6. The van der Waals surface area contributed by atoms with E-state index in [-0.39, 0.29) is 34.2 Å². The lowest BCUT2D eigenvalue weighted by Gasteiger charge is -2.49. The van der Waals surface area contributed by atoms with Crippen LogP contribution in [0.1, 0.15) is 93.0 Å². The molecule has 0 saturated carbocycles. The number of carbonyl (C=O) groups is 1. The van der Waals surface area contributed by atoms with Crippen molar-refractivity contribution < 1.29 is 18.4 Å². The largest absolute Gasteiger partial charge is 0.444 e. The Bertz CT molecular complexity index is 1110. The van der Waals surface area contributed by atoms with E-state index in [1.165, 1.54) is 5.56 Å². The first-order valence-corrected chi connectivity index (χ1v) is 21.1. The molecule has 1 amide bonds. The molecule has 1 fully saturated rings. The summed E-state index contributed by atoms with van der Waals surface area (Å²) in [6, 6.07) is -0.258. The fraction of sp³-hybridized carbons (Fsp3) is 0.806. The summed E-state index contributed by atoms with van der Waals surface area (Å²) in [5, 5.41) is 3.36. The second-order valence-corrected chi connectivity index (χ2v) is 25.8. The number of aromatic nitrogens is 1. The number of hydrogen-bond donors (Lipinski definition) is 2. The Kier molecular flexibility index (Phi) is 9.47. The van der Waals surface area contributed by atoms with Crippen LogP contribution in [-0.4, -0.2) is 58.5 Å². The summed E-state index contributed by atoms with van der Waals surface area (Å²) >= 11 is 0. The molecule has 3 unspecified atom stereocenters. The van der Waals surface area contributed by atoms with Gasteiger partial charge >= 0.3 is 6.09 Å². The molecule has 1 saturated heterocycles. The molecule has 3 rings (SSSR count). The minimum atomic E-state index is -2.11. The van der Waals surface area contributed by atoms with Gasteiger partial charge < -0.3 is 29.5 Å². The van der Waals surface area contributed by atoms with Crippen LogP contribution in [0.3, 0.4) is 0 Å². The normalized spacial score (nSPS) is 24.3. The van der Waals surface area contributed by atoms with Crippen molar-refractivity contribution in [1.29, 1.82) is 0 Å². The van der Waals surface area contributed by atoms with E-state index in [1.54, 1.807) is 6.20 Å². The Balaban J connectivity index is 1.96. The monoisotopic (exact) mass is 606 g/mol. The van der Waals surface area contributed by atoms with Gasteiger partial charge in [0.25, 0.3) is 0 Å². The summed E-state index contributed by atoms with van der Waals surface area (Å²) in [5.41, 5.74) is 9.97. The summed E-state index contributed by atoms with van der Waals surface area (Å²) in [5.74, 6) is 0.154. The van der Waals surface area contributed by atoms with Crippen LogP contribution < -0.4 is 16.0 Å². The zero-order chi connectivity index (χ0) is 31.3. The van der Waals surface area contributed by atoms with Crippen LogP contribution in [0.15, 0.2) is 6.20 Å². The first-order valence-electron chi connectivity index (χ1n) is 15.3. The quantitative estimate of drug-likeness (QED) is 0.325. The van der Waals surface area contributed by atoms with E-state index in [0.717, 1.165) is 30.8 Å². The molecule has 4 atom stereocenters. The summed E-state index contributed by atoms with van der Waals surface area (Å²) in [6.07, 6.45) is 3.01. The first-order chi connectivity index (χ1) is 18.4. The zero-order valence-electron chi connectivity index (χ0n) is 28.3. The molecule has 0 aromatic carbocycles. The predicted molar refractivity (Wildman–Crippen MR) is 175 cm³/mol. The van der Waals surface area contributed by atoms with Crippen molar-refractivity contribution in [1.82, 2.24) is 10.3 Å². The van der Waals surface area contributed by atoms with Crippen molar-refractivity contribution in [3.8, 4) is 0 Å². The second kappa shape index (κ2) is 11.5. The van der Waals surface area contributed by atoms with Crippen LogP contribution in [0.2, 0.25) is 36.3 Å². The van der Waals surface area contributed by atoms with Gasteiger partial charge in [0.15, 0.2) is 16.6 Å². The number of nitrogens with zero attached hydrogens (tertiary/aromatic N) is 2. The Labute approximate surface area is 251 Å². The molecule has 0 spiro atoms. The average molecular weight is 607 g/mol. The van der Waals surface area contributed by atoms with Crippen molar-refractivity contribution in [2.45, 2.75) is 142 Å². The highest BCUT2D eigenvalue weighted by atomic mass is 28.4. The van der Waals surface area contributed by atoms with E-state index in [2.05, 4.69) is 84.9 Å². The van der Waals surface area contributed by atoms with Crippen LogP contribution >= 0.6 is 0 Å². The Morgan fingerprint density at radius 1 is 0.976 bits per heavy atom. The third-order valence-electron chi connectivity index (χ3n) is 9.55. The maximum atomic E-state index is 13.1. The lowest BCUT2D eigenvalue weighted by atomic mass is 9.91. The van der Waals surface area contributed by atoms with E-state index in [0.29, 0.717) is 12.2 Å². The molecule has 234 valence electrons. The lowest BCUT2D eigenvalue weighted by molar-refractivity contribution is 0.0336. The van der Waals surface area contributed by atoms with Crippen LogP contribution in [0, 0.1) is 5.92 Å². The number of nitrogen functional groups attached to an aromatic ring is 1. The molecule has 10 heteroatoms. The first kappa shape index (κ1) is 33.9. The van der Waals surface area contributed by atoms with Gasteiger partial charge in [-0.2, -0.15) is 0 Å². The Morgan fingerprint density at radius 2 is 1.54 bits per heavy atom. The molecular formula is C31H58N4O4Si2. The SMILES string of the molecule is CC1CN(c2c(N)cnc3c2CCC3O[Si](C)(C)C(C)(C)C)C[C@@H](NC(=O)OC(C)(C)C)C1O[Si](C)(C)C(C)(C)C. The number of nitrogens with one attached hydrogen (secondary N) is 1. The average Bonchev–Trinajstić information content (AvgIpc) is 3.14. The molecule has 1 aliphatic heterocycles. The van der Waals surface area contributed by atoms with Crippen LogP contribution in [0.25, 0.3) is 0 Å². The smallest absolute Gasteiger partial charge is 0.408 e. The fourth-order valence-electron chi connectivity index (χ4n) is 5.28. The van der Waals surface area contributed by atoms with E-state index in [1.807, 2.05) is 20.8 Å². The molecular weight excluding hydrogens is 549 g/mol. The number of hydrogen-bond acceptors (Lipinski definition) is 7. The summed E-state index contributed by atoms with van der Waals surface area (Å²) in [7, 11) is -4.08. The summed E-state index contributed by atoms with van der Waals surface area (Å²) in [4.78, 5) is 20.2. The molecule has 1 aromatic heterocycles. The summed E-state index contributed by atoms with van der Waals surface area (Å²) in [6.45, 7) is 31.9. The Hall–Kier alpha value is -1.63. The van der Waals surface area contributed by atoms with E-state index in [4.69, 9.17) is 24.3 Å². The molecule has 2 heterocycles. The van der Waals surface area contributed by atoms with Crippen LogP contribution in [0.5, 0.6) is 0 Å². The van der Waals surface area contributed by atoms with Gasteiger partial charge in [-0.25, -0.2) is 4.79 Å². The maximum absolute atomic E-state index is 13.1.